The maximum Gasteiger partial charge on any atom is 0.237 e. The van der Waals surface area contributed by atoms with Gasteiger partial charge in [0.15, 0.2) is 0 Å². The quantitative estimate of drug-likeness (QED) is 0.818. The predicted octanol–water partition coefficient (Wildman–Crippen LogP) is 0.367. The number of nitrogens with one attached hydrogen (secondary N) is 1. The number of rotatable bonds is 3. The van der Waals surface area contributed by atoms with Gasteiger partial charge in [0.25, 0.3) is 0 Å². The van der Waals surface area contributed by atoms with Gasteiger partial charge in [-0.15, -0.1) is 0 Å². The lowest BCUT2D eigenvalue weighted by Gasteiger charge is -2.44. The van der Waals surface area contributed by atoms with Crippen LogP contribution in [0.2, 0.25) is 0 Å². The molecule has 3 fully saturated rings. The second-order valence-electron chi connectivity index (χ2n) is 6.59. The molecule has 0 spiro atoms. The maximum absolute atomic E-state index is 12.8. The Morgan fingerprint density at radius 2 is 1.95 bits per heavy atom. The van der Waals surface area contributed by atoms with Crippen molar-refractivity contribution in [3.63, 3.8) is 0 Å². The van der Waals surface area contributed by atoms with E-state index in [1.807, 2.05) is 9.80 Å². The van der Waals surface area contributed by atoms with E-state index in [0.29, 0.717) is 19.7 Å². The standard InChI is InChI=1S/C16H27N3O3/c1-17-16(21)13-6-4-8-18(13)11-15(20)19-9-10-22-14-7-3-2-5-12(14)19/h12-14H,2-11H2,1H3,(H,17,21)/t12-,13+,14+/m1/s1. The predicted molar refractivity (Wildman–Crippen MR) is 82.4 cm³/mol. The van der Waals surface area contributed by atoms with E-state index in [0.717, 1.165) is 32.2 Å². The van der Waals surface area contributed by atoms with Crippen molar-refractivity contribution in [3.05, 3.63) is 0 Å². The highest BCUT2D eigenvalue weighted by Gasteiger charge is 2.38. The molecule has 1 aliphatic carbocycles. The van der Waals surface area contributed by atoms with Crippen LogP contribution in [-0.2, 0) is 14.3 Å². The summed E-state index contributed by atoms with van der Waals surface area (Å²) in [4.78, 5) is 28.7. The van der Waals surface area contributed by atoms with Crippen LogP contribution in [0.25, 0.3) is 0 Å². The van der Waals surface area contributed by atoms with Gasteiger partial charge in [0, 0.05) is 13.6 Å². The summed E-state index contributed by atoms with van der Waals surface area (Å²) >= 11 is 0. The number of morpholine rings is 1. The first kappa shape index (κ1) is 15.7. The van der Waals surface area contributed by atoms with E-state index in [-0.39, 0.29) is 30.0 Å². The molecule has 6 heteroatoms. The first-order chi connectivity index (χ1) is 10.7. The van der Waals surface area contributed by atoms with Crippen LogP contribution in [0, 0.1) is 0 Å². The highest BCUT2D eigenvalue weighted by molar-refractivity contribution is 5.84. The van der Waals surface area contributed by atoms with Gasteiger partial charge in [-0.05, 0) is 32.2 Å². The molecule has 2 amide bonds. The Morgan fingerprint density at radius 3 is 2.77 bits per heavy atom. The zero-order chi connectivity index (χ0) is 15.5. The average Bonchev–Trinajstić information content (AvgIpc) is 3.01. The number of amides is 2. The summed E-state index contributed by atoms with van der Waals surface area (Å²) in [6.07, 6.45) is 6.56. The molecule has 124 valence electrons. The van der Waals surface area contributed by atoms with Gasteiger partial charge in [0.05, 0.1) is 31.3 Å². The molecule has 2 aliphatic heterocycles. The number of carbonyl (C=O) groups excluding carboxylic acids is 2. The lowest BCUT2D eigenvalue weighted by Crippen LogP contribution is -2.57. The molecular formula is C16H27N3O3. The number of nitrogens with zero attached hydrogens (tertiary/aromatic N) is 2. The summed E-state index contributed by atoms with van der Waals surface area (Å²) in [5.74, 6) is 0.193. The largest absolute Gasteiger partial charge is 0.374 e. The fraction of sp³-hybridized carbons (Fsp3) is 0.875. The fourth-order valence-electron chi connectivity index (χ4n) is 4.15. The van der Waals surface area contributed by atoms with E-state index < -0.39 is 0 Å². The van der Waals surface area contributed by atoms with Crippen molar-refractivity contribution in [2.75, 3.05) is 33.3 Å². The Morgan fingerprint density at radius 1 is 1.14 bits per heavy atom. The molecule has 1 saturated carbocycles. The number of hydrogen-bond donors (Lipinski definition) is 1. The van der Waals surface area contributed by atoms with Crippen LogP contribution < -0.4 is 5.32 Å². The zero-order valence-corrected chi connectivity index (χ0v) is 13.4. The lowest BCUT2D eigenvalue weighted by molar-refractivity contribution is -0.151. The van der Waals surface area contributed by atoms with Crippen molar-refractivity contribution < 1.29 is 14.3 Å². The van der Waals surface area contributed by atoms with Crippen molar-refractivity contribution in [1.29, 1.82) is 0 Å². The molecule has 3 rings (SSSR count). The van der Waals surface area contributed by atoms with Crippen molar-refractivity contribution in [2.45, 2.75) is 56.7 Å². The van der Waals surface area contributed by atoms with Gasteiger partial charge in [-0.1, -0.05) is 12.8 Å². The number of carbonyl (C=O) groups is 2. The molecule has 0 aromatic carbocycles. The average molecular weight is 309 g/mol. The summed E-state index contributed by atoms with van der Waals surface area (Å²) in [5.41, 5.74) is 0. The fourth-order valence-corrected chi connectivity index (χ4v) is 4.15. The second-order valence-corrected chi connectivity index (χ2v) is 6.59. The van der Waals surface area contributed by atoms with Crippen LogP contribution in [0.1, 0.15) is 38.5 Å². The monoisotopic (exact) mass is 309 g/mol. The van der Waals surface area contributed by atoms with Crippen LogP contribution in [0.5, 0.6) is 0 Å². The lowest BCUT2D eigenvalue weighted by atomic mass is 9.90. The Kier molecular flexibility index (Phi) is 4.98. The molecule has 6 nitrogen and oxygen atoms in total. The van der Waals surface area contributed by atoms with Crippen LogP contribution in [0.4, 0.5) is 0 Å². The number of likely N-dealkylation sites (tertiary alicyclic amines) is 1. The highest BCUT2D eigenvalue weighted by Crippen LogP contribution is 2.29. The van der Waals surface area contributed by atoms with Gasteiger partial charge in [-0.25, -0.2) is 0 Å². The molecular weight excluding hydrogens is 282 g/mol. The normalized spacial score (nSPS) is 32.6. The molecule has 0 unspecified atom stereocenters. The first-order valence-electron chi connectivity index (χ1n) is 8.57. The van der Waals surface area contributed by atoms with Crippen molar-refractivity contribution in [1.82, 2.24) is 15.1 Å². The van der Waals surface area contributed by atoms with Crippen LogP contribution in [0.3, 0.4) is 0 Å². The van der Waals surface area contributed by atoms with Gasteiger partial charge < -0.3 is 15.0 Å². The van der Waals surface area contributed by atoms with Crippen molar-refractivity contribution in [2.24, 2.45) is 0 Å². The topological polar surface area (TPSA) is 61.9 Å². The first-order valence-corrected chi connectivity index (χ1v) is 8.57. The Balaban J connectivity index is 1.62. The third-order valence-corrected chi connectivity index (χ3v) is 5.30. The van der Waals surface area contributed by atoms with E-state index >= 15 is 0 Å². The summed E-state index contributed by atoms with van der Waals surface area (Å²) in [5, 5.41) is 2.71. The number of ether oxygens (including phenoxy) is 1. The number of hydrogen-bond acceptors (Lipinski definition) is 4. The maximum atomic E-state index is 12.8. The van der Waals surface area contributed by atoms with Gasteiger partial charge in [-0.2, -0.15) is 0 Å². The minimum atomic E-state index is -0.142. The smallest absolute Gasteiger partial charge is 0.237 e. The summed E-state index contributed by atoms with van der Waals surface area (Å²) < 4.78 is 5.84. The third-order valence-electron chi connectivity index (χ3n) is 5.30. The van der Waals surface area contributed by atoms with E-state index in [4.69, 9.17) is 4.74 Å². The molecule has 0 aromatic rings. The van der Waals surface area contributed by atoms with Crippen LogP contribution in [-0.4, -0.2) is 73.1 Å². The molecule has 0 aromatic heterocycles. The molecule has 2 heterocycles. The van der Waals surface area contributed by atoms with Gasteiger partial charge in [-0.3, -0.25) is 14.5 Å². The third kappa shape index (κ3) is 3.13. The SMILES string of the molecule is CNC(=O)[C@@H]1CCCN1CC(=O)N1CCO[C@H]2CCCC[C@H]21. The molecule has 1 N–H and O–H groups in total. The van der Waals surface area contributed by atoms with Gasteiger partial charge in [0.2, 0.25) is 11.8 Å². The molecule has 0 radical (unpaired) electrons. The van der Waals surface area contributed by atoms with E-state index in [2.05, 4.69) is 5.32 Å². The highest BCUT2D eigenvalue weighted by atomic mass is 16.5. The molecule has 0 bridgehead atoms. The van der Waals surface area contributed by atoms with Gasteiger partial charge >= 0.3 is 0 Å². The van der Waals surface area contributed by atoms with Crippen LogP contribution >= 0.6 is 0 Å². The number of fused-ring (bicyclic) bond motifs is 1. The minimum absolute atomic E-state index is 0.0304. The Labute approximate surface area is 132 Å². The molecule has 3 aliphatic rings. The van der Waals surface area contributed by atoms with Crippen LogP contribution in [0.15, 0.2) is 0 Å². The van der Waals surface area contributed by atoms with Crippen molar-refractivity contribution >= 4 is 11.8 Å². The summed E-state index contributed by atoms with van der Waals surface area (Å²) in [6, 6.07) is 0.105. The summed E-state index contributed by atoms with van der Waals surface area (Å²) in [6.45, 7) is 2.54. The van der Waals surface area contributed by atoms with E-state index in [1.165, 1.54) is 12.8 Å². The Bertz CT molecular complexity index is 427. The van der Waals surface area contributed by atoms with E-state index in [1.54, 1.807) is 7.05 Å². The summed E-state index contributed by atoms with van der Waals surface area (Å²) in [7, 11) is 1.66. The van der Waals surface area contributed by atoms with Crippen molar-refractivity contribution in [3.8, 4) is 0 Å². The zero-order valence-electron chi connectivity index (χ0n) is 13.4. The number of likely N-dealkylation sites (N-methyl/N-ethyl adjacent to an activating group) is 1. The van der Waals surface area contributed by atoms with Gasteiger partial charge in [0.1, 0.15) is 0 Å². The Hall–Kier alpha value is -1.14. The molecule has 3 atom stereocenters. The molecule has 2 saturated heterocycles. The molecule has 22 heavy (non-hydrogen) atoms. The minimum Gasteiger partial charge on any atom is -0.374 e. The second kappa shape index (κ2) is 6.96. The van der Waals surface area contributed by atoms with E-state index in [9.17, 15) is 9.59 Å².